The lowest BCUT2D eigenvalue weighted by Gasteiger charge is -2.26. The number of fused-ring (bicyclic) bond motifs is 3. The molecule has 0 aliphatic rings. The molecule has 0 amide bonds. The molecule has 7 aromatic rings. The van der Waals surface area contributed by atoms with Gasteiger partial charge in [0.25, 0.3) is 0 Å². The van der Waals surface area contributed by atoms with Crippen molar-refractivity contribution >= 4 is 49.4 Å². The highest BCUT2D eigenvalue weighted by atomic mass is 15.1. The average molecular weight is 544 g/mol. The van der Waals surface area contributed by atoms with Gasteiger partial charge in [0.15, 0.2) is 0 Å². The van der Waals surface area contributed by atoms with Crippen LogP contribution in [0.5, 0.6) is 0 Å². The molecule has 0 aliphatic carbocycles. The quantitative estimate of drug-likeness (QED) is 0.189. The monoisotopic (exact) mass is 543 g/mol. The van der Waals surface area contributed by atoms with Crippen LogP contribution in [0.4, 0.5) is 17.1 Å². The molecule has 0 aromatic heterocycles. The molecule has 0 spiro atoms. The van der Waals surface area contributed by atoms with E-state index in [0.717, 1.165) is 5.69 Å². The fourth-order valence-corrected chi connectivity index (χ4v) is 5.63. The number of nitrogens with zero attached hydrogens (tertiary/aromatic N) is 1. The molecular formula is C41H37N. The van der Waals surface area contributed by atoms with Crippen molar-refractivity contribution in [2.24, 2.45) is 0 Å². The highest BCUT2D eigenvalue weighted by Crippen LogP contribution is 2.38. The first-order valence-electron chi connectivity index (χ1n) is 15.0. The van der Waals surface area contributed by atoms with Crippen LogP contribution in [-0.2, 0) is 6.42 Å². The third kappa shape index (κ3) is 6.06. The van der Waals surface area contributed by atoms with Crippen molar-refractivity contribution in [1.82, 2.24) is 0 Å². The van der Waals surface area contributed by atoms with E-state index >= 15 is 0 Å². The van der Waals surface area contributed by atoms with Gasteiger partial charge < -0.3 is 4.90 Å². The molecular weight excluding hydrogens is 506 g/mol. The zero-order chi connectivity index (χ0) is 28.7. The Morgan fingerprint density at radius 3 is 1.81 bits per heavy atom. The van der Waals surface area contributed by atoms with Gasteiger partial charge in [-0.3, -0.25) is 0 Å². The van der Waals surface area contributed by atoms with Crippen LogP contribution in [0.2, 0.25) is 0 Å². The van der Waals surface area contributed by atoms with Crippen molar-refractivity contribution < 1.29 is 0 Å². The van der Waals surface area contributed by atoms with Gasteiger partial charge in [-0.2, -0.15) is 0 Å². The van der Waals surface area contributed by atoms with Crippen molar-refractivity contribution in [1.29, 1.82) is 0 Å². The summed E-state index contributed by atoms with van der Waals surface area (Å²) in [5, 5.41) is 7.87. The molecule has 1 heteroatoms. The summed E-state index contributed by atoms with van der Waals surface area (Å²) in [6.07, 6.45) is 3.73. The predicted octanol–water partition coefficient (Wildman–Crippen LogP) is 12.0. The van der Waals surface area contributed by atoms with Crippen LogP contribution < -0.4 is 4.90 Å². The molecule has 42 heavy (non-hydrogen) atoms. The van der Waals surface area contributed by atoms with E-state index < -0.39 is 0 Å². The number of rotatable bonds is 6. The first-order chi connectivity index (χ1) is 20.7. The smallest absolute Gasteiger partial charge is 0.0540 e. The van der Waals surface area contributed by atoms with E-state index in [1.54, 1.807) is 0 Å². The molecule has 0 heterocycles. The first kappa shape index (κ1) is 27.3. The molecule has 0 atom stereocenters. The van der Waals surface area contributed by atoms with E-state index in [1.165, 1.54) is 74.1 Å². The maximum Gasteiger partial charge on any atom is 0.0540 e. The number of anilines is 3. The van der Waals surface area contributed by atoms with Crippen LogP contribution in [0.25, 0.3) is 32.3 Å². The number of hydrogen-bond donors (Lipinski definition) is 0. The molecule has 0 saturated carbocycles. The van der Waals surface area contributed by atoms with Gasteiger partial charge in [-0.05, 0) is 94.7 Å². The predicted molar refractivity (Wildman–Crippen MR) is 183 cm³/mol. The summed E-state index contributed by atoms with van der Waals surface area (Å²) in [5.74, 6) is 0. The molecule has 0 N–H and O–H groups in total. The Hall–Kier alpha value is -4.88. The highest BCUT2D eigenvalue weighted by molar-refractivity contribution is 5.99. The average Bonchev–Trinajstić information content (AvgIpc) is 3.04. The summed E-state index contributed by atoms with van der Waals surface area (Å²) in [5.41, 5.74) is 6.26. The van der Waals surface area contributed by atoms with E-state index in [4.69, 9.17) is 0 Å². The minimum atomic E-state index is 1.16. The summed E-state index contributed by atoms with van der Waals surface area (Å²) < 4.78 is 0. The van der Waals surface area contributed by atoms with Crippen LogP contribution in [0.3, 0.4) is 0 Å². The molecule has 0 radical (unpaired) electrons. The largest absolute Gasteiger partial charge is 0.310 e. The maximum atomic E-state index is 2.34. The molecule has 0 bridgehead atoms. The van der Waals surface area contributed by atoms with Crippen molar-refractivity contribution in [2.75, 3.05) is 4.90 Å². The highest BCUT2D eigenvalue weighted by Gasteiger charge is 2.14. The number of aryl methyl sites for hydroxylation is 2. The first-order valence-corrected chi connectivity index (χ1v) is 15.0. The van der Waals surface area contributed by atoms with Crippen molar-refractivity contribution in [3.05, 3.63) is 163 Å². The normalized spacial score (nSPS) is 10.9. The Balaban J connectivity index is 0.000000157. The molecule has 0 saturated heterocycles. The number of unbranched alkanes of at least 4 members (excludes halogenated alkanes) is 1. The molecule has 0 unspecified atom stereocenters. The summed E-state index contributed by atoms with van der Waals surface area (Å²) >= 11 is 0. The molecule has 206 valence electrons. The van der Waals surface area contributed by atoms with E-state index in [9.17, 15) is 0 Å². The van der Waals surface area contributed by atoms with Gasteiger partial charge in [0, 0.05) is 16.8 Å². The van der Waals surface area contributed by atoms with Gasteiger partial charge in [0.2, 0.25) is 0 Å². The lowest BCUT2D eigenvalue weighted by Crippen LogP contribution is -2.10. The lowest BCUT2D eigenvalue weighted by molar-refractivity contribution is 0.796. The second-order valence-corrected chi connectivity index (χ2v) is 11.0. The standard InChI is InChI=1S/C23H19N.C18H18/c1-18-14-16-21(17-15-18)24(20-10-3-2-4-11-20)23-13-7-9-19-8-5-6-12-22(19)23;1-2-3-6-14-9-10-17-12-15-7-4-5-8-16(15)13-18(17)11-14/h2-17H,1H3;4-5,7-13H,2-3,6H2,1H3. The van der Waals surface area contributed by atoms with Crippen molar-refractivity contribution in [3.8, 4) is 0 Å². The van der Waals surface area contributed by atoms with Crippen LogP contribution in [-0.4, -0.2) is 0 Å². The van der Waals surface area contributed by atoms with Gasteiger partial charge in [-0.1, -0.05) is 128 Å². The van der Waals surface area contributed by atoms with Crippen LogP contribution in [0.1, 0.15) is 30.9 Å². The molecule has 7 aromatic carbocycles. The Kier molecular flexibility index (Phi) is 8.28. The summed E-state index contributed by atoms with van der Waals surface area (Å²) in [4.78, 5) is 2.32. The van der Waals surface area contributed by atoms with Crippen LogP contribution in [0, 0.1) is 6.92 Å². The number of hydrogen-bond acceptors (Lipinski definition) is 1. The van der Waals surface area contributed by atoms with Gasteiger partial charge in [-0.25, -0.2) is 0 Å². The fraction of sp³-hybridized carbons (Fsp3) is 0.122. The topological polar surface area (TPSA) is 3.24 Å². The maximum absolute atomic E-state index is 2.34. The van der Waals surface area contributed by atoms with Gasteiger partial charge in [-0.15, -0.1) is 0 Å². The molecule has 0 aliphatic heterocycles. The zero-order valence-corrected chi connectivity index (χ0v) is 24.5. The number of para-hydroxylation sites is 1. The summed E-state index contributed by atoms with van der Waals surface area (Å²) in [7, 11) is 0. The third-order valence-electron chi connectivity index (χ3n) is 7.90. The van der Waals surface area contributed by atoms with Crippen LogP contribution >= 0.6 is 0 Å². The van der Waals surface area contributed by atoms with E-state index in [2.05, 4.69) is 170 Å². The minimum absolute atomic E-state index is 1.16. The Morgan fingerprint density at radius 2 is 1.07 bits per heavy atom. The van der Waals surface area contributed by atoms with Crippen molar-refractivity contribution in [3.63, 3.8) is 0 Å². The second kappa shape index (κ2) is 12.7. The van der Waals surface area contributed by atoms with Gasteiger partial charge in [0.1, 0.15) is 0 Å². The minimum Gasteiger partial charge on any atom is -0.310 e. The molecule has 0 fully saturated rings. The summed E-state index contributed by atoms with van der Waals surface area (Å²) in [6.45, 7) is 4.36. The van der Waals surface area contributed by atoms with Gasteiger partial charge in [0.05, 0.1) is 5.69 Å². The SMILES string of the molecule is CCCCc1ccc2cc3ccccc3cc2c1.Cc1ccc(N(c2ccccc2)c2cccc3ccccc23)cc1. The fourth-order valence-electron chi connectivity index (χ4n) is 5.63. The van der Waals surface area contributed by atoms with Gasteiger partial charge >= 0.3 is 0 Å². The number of benzene rings is 7. The third-order valence-corrected chi connectivity index (χ3v) is 7.90. The Morgan fingerprint density at radius 1 is 0.476 bits per heavy atom. The molecule has 1 nitrogen and oxygen atoms in total. The van der Waals surface area contributed by atoms with E-state index in [-0.39, 0.29) is 0 Å². The van der Waals surface area contributed by atoms with Crippen LogP contribution in [0.15, 0.2) is 152 Å². The lowest BCUT2D eigenvalue weighted by atomic mass is 10.00. The summed E-state index contributed by atoms with van der Waals surface area (Å²) in [6, 6.07) is 54.3. The molecule has 7 rings (SSSR count). The van der Waals surface area contributed by atoms with E-state index in [1.807, 2.05) is 0 Å². The van der Waals surface area contributed by atoms with Crippen molar-refractivity contribution in [2.45, 2.75) is 33.1 Å². The van der Waals surface area contributed by atoms with E-state index in [0.29, 0.717) is 0 Å². The Labute approximate surface area is 249 Å². The Bertz CT molecular complexity index is 1910. The zero-order valence-electron chi connectivity index (χ0n) is 24.5. The second-order valence-electron chi connectivity index (χ2n) is 11.0.